The van der Waals surface area contributed by atoms with E-state index < -0.39 is 5.82 Å². The maximum atomic E-state index is 13.8. The maximum absolute atomic E-state index is 13.8. The molecule has 1 fully saturated rings. The van der Waals surface area contributed by atoms with E-state index in [1.165, 1.54) is 12.1 Å². The zero-order chi connectivity index (χ0) is 19.9. The number of hydrogen-bond acceptors (Lipinski definition) is 3. The number of rotatable bonds is 6. The highest BCUT2D eigenvalue weighted by Gasteiger charge is 2.24. The Bertz CT molecular complexity index is 815. The molecule has 6 heteroatoms. The highest BCUT2D eigenvalue weighted by atomic mass is 19.1. The molecule has 0 radical (unpaired) electrons. The van der Waals surface area contributed by atoms with E-state index in [0.717, 1.165) is 24.2 Å². The molecule has 0 saturated carbocycles. The van der Waals surface area contributed by atoms with E-state index in [-0.39, 0.29) is 17.4 Å². The number of unbranched alkanes of at least 4 members (excludes halogenated alkanes) is 1. The van der Waals surface area contributed by atoms with Gasteiger partial charge in [-0.25, -0.2) is 4.39 Å². The van der Waals surface area contributed by atoms with Gasteiger partial charge in [0.1, 0.15) is 5.82 Å². The van der Waals surface area contributed by atoms with Gasteiger partial charge in [-0.15, -0.1) is 0 Å². The Kier molecular flexibility index (Phi) is 6.63. The molecule has 0 aromatic heterocycles. The summed E-state index contributed by atoms with van der Waals surface area (Å²) in [5.74, 6) is -0.704. The third-order valence-corrected chi connectivity index (χ3v) is 4.94. The van der Waals surface area contributed by atoms with E-state index in [0.29, 0.717) is 32.6 Å². The number of halogens is 1. The van der Waals surface area contributed by atoms with Crippen molar-refractivity contribution in [2.75, 3.05) is 36.4 Å². The Balaban J connectivity index is 1.54. The number of piperazine rings is 1. The summed E-state index contributed by atoms with van der Waals surface area (Å²) in [5.41, 5.74) is 1.96. The van der Waals surface area contributed by atoms with Gasteiger partial charge in [-0.1, -0.05) is 25.5 Å². The summed E-state index contributed by atoms with van der Waals surface area (Å²) in [5, 5.41) is 2.91. The Morgan fingerprint density at radius 1 is 1.00 bits per heavy atom. The molecule has 1 N–H and O–H groups in total. The molecule has 0 atom stereocenters. The first-order chi connectivity index (χ1) is 13.6. The molecule has 2 aromatic carbocycles. The van der Waals surface area contributed by atoms with E-state index in [4.69, 9.17) is 0 Å². The van der Waals surface area contributed by atoms with Gasteiger partial charge in [-0.3, -0.25) is 9.59 Å². The minimum atomic E-state index is -0.480. The summed E-state index contributed by atoms with van der Waals surface area (Å²) in [7, 11) is 0. The first kappa shape index (κ1) is 19.9. The predicted octanol–water partition coefficient (Wildman–Crippen LogP) is 3.92. The van der Waals surface area contributed by atoms with Crippen LogP contribution in [-0.2, 0) is 4.79 Å². The van der Waals surface area contributed by atoms with Crippen LogP contribution >= 0.6 is 0 Å². The Labute approximate surface area is 165 Å². The average molecular weight is 383 g/mol. The third kappa shape index (κ3) is 4.88. The van der Waals surface area contributed by atoms with Gasteiger partial charge in [0.05, 0.1) is 5.56 Å². The summed E-state index contributed by atoms with van der Waals surface area (Å²) >= 11 is 0. The molecule has 2 aromatic rings. The second kappa shape index (κ2) is 9.35. The Morgan fingerprint density at radius 3 is 2.32 bits per heavy atom. The lowest BCUT2D eigenvalue weighted by Gasteiger charge is -2.36. The molecule has 2 amide bonds. The summed E-state index contributed by atoms with van der Waals surface area (Å²) in [6.07, 6.45) is 2.42. The zero-order valence-electron chi connectivity index (χ0n) is 16.2. The van der Waals surface area contributed by atoms with Crippen molar-refractivity contribution in [3.63, 3.8) is 0 Å². The van der Waals surface area contributed by atoms with Crippen LogP contribution in [0.5, 0.6) is 0 Å². The van der Waals surface area contributed by atoms with Crippen LogP contribution in [0.15, 0.2) is 48.5 Å². The van der Waals surface area contributed by atoms with Gasteiger partial charge in [-0.05, 0) is 42.8 Å². The summed E-state index contributed by atoms with van der Waals surface area (Å²) < 4.78 is 13.8. The topological polar surface area (TPSA) is 52.7 Å². The number of hydrogen-bond donors (Lipinski definition) is 1. The number of amides is 2. The Morgan fingerprint density at radius 2 is 1.68 bits per heavy atom. The highest BCUT2D eigenvalue weighted by Crippen LogP contribution is 2.21. The summed E-state index contributed by atoms with van der Waals surface area (Å²) in [6.45, 7) is 4.52. The van der Waals surface area contributed by atoms with Crippen LogP contribution in [0.4, 0.5) is 15.8 Å². The molecule has 28 heavy (non-hydrogen) atoms. The van der Waals surface area contributed by atoms with Crippen LogP contribution in [0.2, 0.25) is 0 Å². The van der Waals surface area contributed by atoms with Crippen molar-refractivity contribution in [3.05, 3.63) is 59.9 Å². The summed E-state index contributed by atoms with van der Waals surface area (Å²) in [6, 6.07) is 13.8. The number of benzene rings is 2. The van der Waals surface area contributed by atoms with Gasteiger partial charge < -0.3 is 15.1 Å². The molecule has 148 valence electrons. The second-order valence-corrected chi connectivity index (χ2v) is 6.96. The van der Waals surface area contributed by atoms with Crippen molar-refractivity contribution >= 4 is 23.2 Å². The van der Waals surface area contributed by atoms with Crippen molar-refractivity contribution in [2.24, 2.45) is 0 Å². The minimum absolute atomic E-state index is 0.0369. The quantitative estimate of drug-likeness (QED) is 0.823. The monoisotopic (exact) mass is 383 g/mol. The first-order valence-corrected chi connectivity index (χ1v) is 9.77. The average Bonchev–Trinajstić information content (AvgIpc) is 2.73. The third-order valence-electron chi connectivity index (χ3n) is 4.94. The largest absolute Gasteiger partial charge is 0.368 e. The predicted molar refractivity (Wildman–Crippen MR) is 109 cm³/mol. The van der Waals surface area contributed by atoms with E-state index in [2.05, 4.69) is 17.1 Å². The lowest BCUT2D eigenvalue weighted by molar-refractivity contribution is -0.116. The van der Waals surface area contributed by atoms with Crippen molar-refractivity contribution in [1.29, 1.82) is 0 Å². The van der Waals surface area contributed by atoms with E-state index in [1.807, 2.05) is 24.3 Å². The molecule has 0 aliphatic carbocycles. The smallest absolute Gasteiger partial charge is 0.256 e. The van der Waals surface area contributed by atoms with Gasteiger partial charge >= 0.3 is 0 Å². The fourth-order valence-electron chi connectivity index (χ4n) is 3.29. The number of nitrogens with zero attached hydrogens (tertiary/aromatic N) is 2. The molecule has 1 saturated heterocycles. The first-order valence-electron chi connectivity index (χ1n) is 9.77. The molecule has 0 bridgehead atoms. The van der Waals surface area contributed by atoms with Crippen molar-refractivity contribution in [2.45, 2.75) is 26.2 Å². The molecule has 1 heterocycles. The lowest BCUT2D eigenvalue weighted by Crippen LogP contribution is -2.49. The van der Waals surface area contributed by atoms with Gasteiger partial charge in [0, 0.05) is 44.0 Å². The molecule has 1 aliphatic heterocycles. The Hall–Kier alpha value is -2.89. The lowest BCUT2D eigenvalue weighted by atomic mass is 10.1. The van der Waals surface area contributed by atoms with Gasteiger partial charge in [0.15, 0.2) is 0 Å². The van der Waals surface area contributed by atoms with Crippen LogP contribution in [0.3, 0.4) is 0 Å². The number of carbonyl (C=O) groups is 2. The van der Waals surface area contributed by atoms with Crippen LogP contribution in [-0.4, -0.2) is 42.9 Å². The van der Waals surface area contributed by atoms with Crippen LogP contribution < -0.4 is 10.2 Å². The zero-order valence-corrected chi connectivity index (χ0v) is 16.2. The van der Waals surface area contributed by atoms with Crippen molar-refractivity contribution in [3.8, 4) is 0 Å². The van der Waals surface area contributed by atoms with Gasteiger partial charge in [0.25, 0.3) is 5.91 Å². The molecule has 3 rings (SSSR count). The molecule has 0 unspecified atom stereocenters. The van der Waals surface area contributed by atoms with E-state index in [9.17, 15) is 14.0 Å². The van der Waals surface area contributed by atoms with Gasteiger partial charge in [-0.2, -0.15) is 0 Å². The van der Waals surface area contributed by atoms with Gasteiger partial charge in [0.2, 0.25) is 5.91 Å². The van der Waals surface area contributed by atoms with E-state index >= 15 is 0 Å². The molecule has 0 spiro atoms. The molecule has 1 aliphatic rings. The summed E-state index contributed by atoms with van der Waals surface area (Å²) in [4.78, 5) is 28.2. The molecular formula is C22H26FN3O2. The van der Waals surface area contributed by atoms with Crippen LogP contribution in [0, 0.1) is 5.82 Å². The minimum Gasteiger partial charge on any atom is -0.368 e. The molecule has 5 nitrogen and oxygen atoms in total. The number of nitrogens with one attached hydrogen (secondary N) is 1. The standard InChI is InChI=1S/C22H26FN3O2/c1-2-3-8-21(27)24-17-9-11-18(12-10-17)25-13-15-26(16-14-25)22(28)19-6-4-5-7-20(19)23/h4-7,9-12H,2-3,8,13-16H2,1H3,(H,24,27). The maximum Gasteiger partial charge on any atom is 0.256 e. The molecular weight excluding hydrogens is 357 g/mol. The van der Waals surface area contributed by atoms with Crippen LogP contribution in [0.1, 0.15) is 36.5 Å². The SMILES string of the molecule is CCCCC(=O)Nc1ccc(N2CCN(C(=O)c3ccccc3F)CC2)cc1. The number of carbonyl (C=O) groups excluding carboxylic acids is 2. The van der Waals surface area contributed by atoms with Crippen molar-refractivity contribution in [1.82, 2.24) is 4.90 Å². The fourth-order valence-corrected chi connectivity index (χ4v) is 3.29. The van der Waals surface area contributed by atoms with E-state index in [1.54, 1.807) is 17.0 Å². The van der Waals surface area contributed by atoms with Crippen LogP contribution in [0.25, 0.3) is 0 Å². The van der Waals surface area contributed by atoms with Crippen molar-refractivity contribution < 1.29 is 14.0 Å². The fraction of sp³-hybridized carbons (Fsp3) is 0.364. The highest BCUT2D eigenvalue weighted by molar-refractivity contribution is 5.94. The second-order valence-electron chi connectivity index (χ2n) is 6.96. The normalized spacial score (nSPS) is 14.1. The number of anilines is 2.